The molecule has 43 heavy (non-hydrogen) atoms. The van der Waals surface area contributed by atoms with Gasteiger partial charge in [0.1, 0.15) is 10.0 Å². The van der Waals surface area contributed by atoms with E-state index in [0.29, 0.717) is 0 Å². The molecule has 0 radical (unpaired) electrons. The van der Waals surface area contributed by atoms with Gasteiger partial charge in [-0.2, -0.15) is 0 Å². The molecule has 0 unspecified atom stereocenters. The summed E-state index contributed by atoms with van der Waals surface area (Å²) in [5.41, 5.74) is 11.9. The van der Waals surface area contributed by atoms with Gasteiger partial charge in [0.05, 0.1) is 25.9 Å². The SMILES string of the molecule is C1=Cc2c(c3c(-c4nc5ccccc5s4)cc(-c4nc5ccccc5s4)cc3n2-c2ccc(-c3ccccc3)cc2)CC1. The van der Waals surface area contributed by atoms with E-state index in [1.54, 1.807) is 22.7 Å². The number of fused-ring (bicyclic) bond motifs is 5. The number of thiazole rings is 2. The molecule has 0 amide bonds. The molecule has 3 nitrogen and oxygen atoms in total. The lowest BCUT2D eigenvalue weighted by Crippen LogP contribution is -2.00. The topological polar surface area (TPSA) is 30.7 Å². The Bertz CT molecular complexity index is 2270. The Hall–Kier alpha value is -4.84. The number of aromatic nitrogens is 3. The minimum atomic E-state index is 1.01. The molecule has 204 valence electrons. The predicted octanol–water partition coefficient (Wildman–Crippen LogP) is 10.8. The lowest BCUT2D eigenvalue weighted by molar-refractivity contribution is 0.968. The maximum atomic E-state index is 5.16. The van der Waals surface area contributed by atoms with Gasteiger partial charge in [-0.05, 0) is 84.1 Å². The molecule has 0 atom stereocenters. The summed E-state index contributed by atoms with van der Waals surface area (Å²) in [7, 11) is 0. The molecule has 0 N–H and O–H groups in total. The van der Waals surface area contributed by atoms with E-state index in [4.69, 9.17) is 9.97 Å². The fraction of sp³-hybridized carbons (Fsp3) is 0.0526. The zero-order valence-corrected chi connectivity index (χ0v) is 24.8. The van der Waals surface area contributed by atoms with E-state index in [2.05, 4.69) is 132 Å². The number of para-hydroxylation sites is 2. The second-order valence-electron chi connectivity index (χ2n) is 10.9. The van der Waals surface area contributed by atoms with Crippen molar-refractivity contribution in [2.45, 2.75) is 12.8 Å². The van der Waals surface area contributed by atoms with Crippen LogP contribution in [0.5, 0.6) is 0 Å². The minimum absolute atomic E-state index is 1.01. The number of hydrogen-bond acceptors (Lipinski definition) is 4. The smallest absolute Gasteiger partial charge is 0.125 e. The normalized spacial score (nSPS) is 12.8. The number of aryl methyl sites for hydroxylation is 1. The van der Waals surface area contributed by atoms with E-state index in [1.165, 1.54) is 48.3 Å². The van der Waals surface area contributed by atoms with Gasteiger partial charge < -0.3 is 4.57 Å². The maximum Gasteiger partial charge on any atom is 0.125 e. The molecule has 3 heterocycles. The Kier molecular flexibility index (Phi) is 5.68. The lowest BCUT2D eigenvalue weighted by Gasteiger charge is -2.13. The fourth-order valence-corrected chi connectivity index (χ4v) is 8.29. The van der Waals surface area contributed by atoms with Gasteiger partial charge in [-0.15, -0.1) is 22.7 Å². The molecular formula is C38H25N3S2. The molecule has 0 bridgehead atoms. The molecule has 8 aromatic rings. The first-order valence-electron chi connectivity index (χ1n) is 14.6. The van der Waals surface area contributed by atoms with Crippen LogP contribution in [0.4, 0.5) is 0 Å². The van der Waals surface area contributed by atoms with Crippen LogP contribution in [0.2, 0.25) is 0 Å². The molecular weight excluding hydrogens is 563 g/mol. The monoisotopic (exact) mass is 587 g/mol. The van der Waals surface area contributed by atoms with Gasteiger partial charge in [-0.1, -0.05) is 72.8 Å². The van der Waals surface area contributed by atoms with E-state index >= 15 is 0 Å². The zero-order chi connectivity index (χ0) is 28.3. The summed E-state index contributed by atoms with van der Waals surface area (Å²) in [6.45, 7) is 0. The third kappa shape index (κ3) is 4.08. The van der Waals surface area contributed by atoms with Crippen LogP contribution in [-0.4, -0.2) is 14.5 Å². The van der Waals surface area contributed by atoms with Crippen LogP contribution in [0.3, 0.4) is 0 Å². The van der Waals surface area contributed by atoms with E-state index in [9.17, 15) is 0 Å². The van der Waals surface area contributed by atoms with Crippen molar-refractivity contribution in [2.24, 2.45) is 0 Å². The number of rotatable bonds is 4. The first-order chi connectivity index (χ1) is 21.3. The number of benzene rings is 5. The first-order valence-corrected chi connectivity index (χ1v) is 16.2. The summed E-state index contributed by atoms with van der Waals surface area (Å²) in [5.74, 6) is 0. The van der Waals surface area contributed by atoms with Gasteiger partial charge in [0.25, 0.3) is 0 Å². The predicted molar refractivity (Wildman–Crippen MR) is 183 cm³/mol. The molecule has 0 fully saturated rings. The van der Waals surface area contributed by atoms with Crippen molar-refractivity contribution in [3.63, 3.8) is 0 Å². The van der Waals surface area contributed by atoms with Crippen molar-refractivity contribution in [2.75, 3.05) is 0 Å². The molecule has 5 heteroatoms. The molecule has 0 saturated carbocycles. The molecule has 1 aliphatic rings. The van der Waals surface area contributed by atoms with Crippen molar-refractivity contribution in [3.8, 4) is 38.0 Å². The third-order valence-electron chi connectivity index (χ3n) is 8.34. The molecule has 0 spiro atoms. The highest BCUT2D eigenvalue weighted by molar-refractivity contribution is 7.22. The summed E-state index contributed by atoms with van der Waals surface area (Å²) in [6, 6.07) is 41.1. The summed E-state index contributed by atoms with van der Waals surface area (Å²) in [4.78, 5) is 10.2. The number of nitrogens with zero attached hydrogens (tertiary/aromatic N) is 3. The van der Waals surface area contributed by atoms with E-state index in [1.807, 2.05) is 0 Å². The number of hydrogen-bond donors (Lipinski definition) is 0. The highest BCUT2D eigenvalue weighted by Gasteiger charge is 2.24. The van der Waals surface area contributed by atoms with Crippen molar-refractivity contribution in [1.29, 1.82) is 0 Å². The van der Waals surface area contributed by atoms with Gasteiger partial charge >= 0.3 is 0 Å². The van der Waals surface area contributed by atoms with Crippen LogP contribution >= 0.6 is 22.7 Å². The van der Waals surface area contributed by atoms with Crippen LogP contribution in [0.25, 0.3) is 75.4 Å². The second-order valence-corrected chi connectivity index (χ2v) is 13.0. The van der Waals surface area contributed by atoms with E-state index < -0.39 is 0 Å². The van der Waals surface area contributed by atoms with E-state index in [0.717, 1.165) is 45.1 Å². The molecule has 9 rings (SSSR count). The Balaban J connectivity index is 1.33. The molecule has 5 aromatic carbocycles. The Morgan fingerprint density at radius 3 is 2.00 bits per heavy atom. The third-order valence-corrected chi connectivity index (χ3v) is 10.5. The highest BCUT2D eigenvalue weighted by Crippen LogP contribution is 2.45. The Morgan fingerprint density at radius 1 is 0.605 bits per heavy atom. The Morgan fingerprint density at radius 2 is 1.26 bits per heavy atom. The van der Waals surface area contributed by atoms with Crippen molar-refractivity contribution >= 4 is 60.1 Å². The van der Waals surface area contributed by atoms with Crippen molar-refractivity contribution in [1.82, 2.24) is 14.5 Å². The lowest BCUT2D eigenvalue weighted by atomic mass is 9.96. The summed E-state index contributed by atoms with van der Waals surface area (Å²) in [5, 5.41) is 3.39. The highest BCUT2D eigenvalue weighted by atomic mass is 32.1. The van der Waals surface area contributed by atoms with Gasteiger partial charge in [0.15, 0.2) is 0 Å². The maximum absolute atomic E-state index is 5.16. The van der Waals surface area contributed by atoms with Crippen molar-refractivity contribution in [3.05, 3.63) is 133 Å². The summed E-state index contributed by atoms with van der Waals surface area (Å²) >= 11 is 3.53. The molecule has 0 saturated heterocycles. The quantitative estimate of drug-likeness (QED) is 0.205. The average Bonchev–Trinajstić information content (AvgIpc) is 3.79. The Labute approximate surface area is 257 Å². The molecule has 3 aromatic heterocycles. The van der Waals surface area contributed by atoms with E-state index in [-0.39, 0.29) is 0 Å². The standard InChI is InChI=1S/C38H25N3S2/c1-2-10-24(11-3-1)25-18-20-27(21-19-25)41-32-15-7-4-12-28(32)36-29(38-40-31-14-6-9-17-35(31)43-38)22-26(23-33(36)41)37-39-30-13-5-8-16-34(30)42-37/h1-3,5-11,13-23H,4,12H2. The van der Waals surface area contributed by atoms with Crippen LogP contribution in [0, 0.1) is 0 Å². The van der Waals surface area contributed by atoms with Crippen LogP contribution in [0.1, 0.15) is 17.7 Å². The average molecular weight is 588 g/mol. The van der Waals surface area contributed by atoms with Crippen LogP contribution < -0.4 is 0 Å². The fourth-order valence-electron chi connectivity index (χ4n) is 6.35. The van der Waals surface area contributed by atoms with Crippen LogP contribution in [0.15, 0.2) is 121 Å². The zero-order valence-electron chi connectivity index (χ0n) is 23.2. The van der Waals surface area contributed by atoms with Gasteiger partial charge in [0.2, 0.25) is 0 Å². The molecule has 0 aliphatic heterocycles. The largest absolute Gasteiger partial charge is 0.310 e. The first kappa shape index (κ1) is 24.7. The van der Waals surface area contributed by atoms with Gasteiger partial charge in [-0.25, -0.2) is 9.97 Å². The number of allylic oxidation sites excluding steroid dienone is 1. The summed E-state index contributed by atoms with van der Waals surface area (Å²) in [6.07, 6.45) is 6.67. The van der Waals surface area contributed by atoms with Crippen LogP contribution in [-0.2, 0) is 6.42 Å². The summed E-state index contributed by atoms with van der Waals surface area (Å²) < 4.78 is 4.86. The van der Waals surface area contributed by atoms with Gasteiger partial charge in [0, 0.05) is 27.9 Å². The molecule has 1 aliphatic carbocycles. The second kappa shape index (κ2) is 9.87. The van der Waals surface area contributed by atoms with Gasteiger partial charge in [-0.3, -0.25) is 0 Å². The minimum Gasteiger partial charge on any atom is -0.310 e. The van der Waals surface area contributed by atoms with Crippen molar-refractivity contribution < 1.29 is 0 Å².